The molecular weight excluding hydrogens is 432 g/mol. The van der Waals surface area contributed by atoms with Crippen molar-refractivity contribution in [2.75, 3.05) is 19.8 Å². The van der Waals surface area contributed by atoms with Crippen LogP contribution in [-0.4, -0.2) is 31.2 Å². The van der Waals surface area contributed by atoms with Crippen LogP contribution in [0.25, 0.3) is 0 Å². The summed E-state index contributed by atoms with van der Waals surface area (Å²) in [4.78, 5) is 0. The van der Waals surface area contributed by atoms with Gasteiger partial charge in [-0.3, -0.25) is 0 Å². The number of aliphatic hydroxyl groups excluding tert-OH is 1. The zero-order chi connectivity index (χ0) is 25.5. The quantitative estimate of drug-likeness (QED) is 0.0610. The van der Waals surface area contributed by atoms with E-state index in [0.29, 0.717) is 0 Å². The Morgan fingerprint density at radius 2 is 0.886 bits per heavy atom. The summed E-state index contributed by atoms with van der Waals surface area (Å²) in [6.45, 7) is 6.55. The lowest BCUT2D eigenvalue weighted by Crippen LogP contribution is -2.19. The molecule has 0 saturated carbocycles. The minimum absolute atomic E-state index is 0.00511. The van der Waals surface area contributed by atoms with Crippen molar-refractivity contribution in [1.82, 2.24) is 0 Å². The Morgan fingerprint density at radius 3 is 1.37 bits per heavy atom. The predicted octanol–water partition coefficient (Wildman–Crippen LogP) is 10.3. The van der Waals surface area contributed by atoms with E-state index in [4.69, 9.17) is 14.6 Å². The van der Waals surface area contributed by atoms with E-state index in [2.05, 4.69) is 26.0 Å². The summed E-state index contributed by atoms with van der Waals surface area (Å²) < 4.78 is 12.4. The first-order valence-corrected chi connectivity index (χ1v) is 15.8. The van der Waals surface area contributed by atoms with Crippen molar-refractivity contribution in [3.63, 3.8) is 0 Å². The minimum atomic E-state index is 0.00511. The first-order valence-electron chi connectivity index (χ1n) is 15.8. The van der Waals surface area contributed by atoms with Crippen LogP contribution in [0.5, 0.6) is 0 Å². The summed E-state index contributed by atoms with van der Waals surface area (Å²) in [6, 6.07) is 0. The van der Waals surface area contributed by atoms with E-state index in [9.17, 15) is 0 Å². The maximum atomic E-state index is 8.80. The fraction of sp³-hybridized carbons (Fsp3) is 0.938. The smallest absolute Gasteiger partial charge is 0.157 e. The highest BCUT2D eigenvalue weighted by Gasteiger charge is 2.09. The molecule has 0 rings (SSSR count). The molecular formula is C32H64O3. The molecule has 0 aromatic rings. The molecule has 0 unspecified atom stereocenters. The summed E-state index contributed by atoms with van der Waals surface area (Å²) in [6.07, 6.45) is 35.1. The van der Waals surface area contributed by atoms with Gasteiger partial charge in [-0.25, -0.2) is 0 Å². The van der Waals surface area contributed by atoms with Crippen LogP contribution in [0.4, 0.5) is 0 Å². The summed E-state index contributed by atoms with van der Waals surface area (Å²) in [7, 11) is 0. The maximum absolute atomic E-state index is 8.80. The van der Waals surface area contributed by atoms with Crippen molar-refractivity contribution in [3.05, 3.63) is 12.2 Å². The second-order valence-corrected chi connectivity index (χ2v) is 10.4. The predicted molar refractivity (Wildman–Crippen MR) is 154 cm³/mol. The standard InChI is InChI=1S/C32H64O3/c1-3-5-7-9-11-18-22-26-30-34-32(35-31-27-23-19-12-10-8-6-4-2)28-24-20-16-14-13-15-17-21-25-29-33/h17,21,32-33H,3-16,18-20,22-31H2,1-2H3/b21-17-. The summed E-state index contributed by atoms with van der Waals surface area (Å²) >= 11 is 0. The second kappa shape index (κ2) is 31.6. The van der Waals surface area contributed by atoms with Crippen molar-refractivity contribution < 1.29 is 14.6 Å². The topological polar surface area (TPSA) is 38.7 Å². The average molecular weight is 497 g/mol. The third kappa shape index (κ3) is 29.7. The van der Waals surface area contributed by atoms with Crippen molar-refractivity contribution in [3.8, 4) is 0 Å². The molecule has 0 atom stereocenters. The number of ether oxygens (including phenoxy) is 2. The van der Waals surface area contributed by atoms with E-state index in [1.807, 2.05) is 0 Å². The first-order chi connectivity index (χ1) is 17.3. The second-order valence-electron chi connectivity index (χ2n) is 10.4. The van der Waals surface area contributed by atoms with Gasteiger partial charge in [0.05, 0.1) is 0 Å². The highest BCUT2D eigenvalue weighted by Crippen LogP contribution is 2.15. The highest BCUT2D eigenvalue weighted by molar-refractivity contribution is 4.80. The Kier molecular flexibility index (Phi) is 31.3. The van der Waals surface area contributed by atoms with E-state index in [1.165, 1.54) is 135 Å². The fourth-order valence-corrected chi connectivity index (χ4v) is 4.53. The molecule has 0 aromatic heterocycles. The molecule has 0 saturated heterocycles. The Balaban J connectivity index is 3.89. The van der Waals surface area contributed by atoms with Gasteiger partial charge in [0, 0.05) is 19.8 Å². The zero-order valence-corrected chi connectivity index (χ0v) is 24.1. The summed E-state index contributed by atoms with van der Waals surface area (Å²) in [5.74, 6) is 0. The Labute approximate surface area is 220 Å². The van der Waals surface area contributed by atoms with Crippen LogP contribution < -0.4 is 0 Å². The molecule has 3 heteroatoms. The van der Waals surface area contributed by atoms with Crippen LogP contribution in [0.15, 0.2) is 12.2 Å². The van der Waals surface area contributed by atoms with Gasteiger partial charge in [0.2, 0.25) is 0 Å². The maximum Gasteiger partial charge on any atom is 0.157 e. The summed E-state index contributed by atoms with van der Waals surface area (Å²) in [5.41, 5.74) is 0. The van der Waals surface area contributed by atoms with E-state index < -0.39 is 0 Å². The van der Waals surface area contributed by atoms with E-state index in [0.717, 1.165) is 32.5 Å². The largest absolute Gasteiger partial charge is 0.396 e. The molecule has 3 nitrogen and oxygen atoms in total. The summed E-state index contributed by atoms with van der Waals surface area (Å²) in [5, 5.41) is 8.80. The number of hydrogen-bond donors (Lipinski definition) is 1. The fourth-order valence-electron chi connectivity index (χ4n) is 4.53. The molecule has 0 aliphatic heterocycles. The highest BCUT2D eigenvalue weighted by atomic mass is 16.7. The van der Waals surface area contributed by atoms with Gasteiger partial charge in [-0.05, 0) is 44.9 Å². The van der Waals surface area contributed by atoms with Crippen LogP contribution in [0.1, 0.15) is 168 Å². The van der Waals surface area contributed by atoms with Gasteiger partial charge >= 0.3 is 0 Å². The molecule has 0 amide bonds. The molecule has 0 heterocycles. The Hall–Kier alpha value is -0.380. The zero-order valence-electron chi connectivity index (χ0n) is 24.1. The third-order valence-corrected chi connectivity index (χ3v) is 6.88. The number of hydrogen-bond acceptors (Lipinski definition) is 3. The van der Waals surface area contributed by atoms with Crippen molar-refractivity contribution in [1.29, 1.82) is 0 Å². The van der Waals surface area contributed by atoms with Gasteiger partial charge < -0.3 is 14.6 Å². The first kappa shape index (κ1) is 34.6. The lowest BCUT2D eigenvalue weighted by atomic mass is 10.1. The molecule has 0 aliphatic rings. The number of aliphatic hydroxyl groups is 1. The number of allylic oxidation sites excluding steroid dienone is 1. The van der Waals surface area contributed by atoms with Crippen molar-refractivity contribution in [2.45, 2.75) is 174 Å². The molecule has 0 bridgehead atoms. The molecule has 0 aliphatic carbocycles. The van der Waals surface area contributed by atoms with Gasteiger partial charge in [-0.15, -0.1) is 0 Å². The van der Waals surface area contributed by atoms with E-state index in [-0.39, 0.29) is 12.9 Å². The van der Waals surface area contributed by atoms with Gasteiger partial charge in [0.25, 0.3) is 0 Å². The Bertz CT molecular complexity index is 374. The van der Waals surface area contributed by atoms with Crippen LogP contribution >= 0.6 is 0 Å². The van der Waals surface area contributed by atoms with E-state index >= 15 is 0 Å². The van der Waals surface area contributed by atoms with Gasteiger partial charge in [0.15, 0.2) is 6.29 Å². The lowest BCUT2D eigenvalue weighted by molar-refractivity contribution is -0.148. The molecule has 0 aromatic carbocycles. The van der Waals surface area contributed by atoms with Gasteiger partial charge in [-0.1, -0.05) is 135 Å². The molecule has 0 radical (unpaired) electrons. The normalized spacial score (nSPS) is 11.9. The number of rotatable bonds is 30. The molecule has 0 spiro atoms. The van der Waals surface area contributed by atoms with Crippen molar-refractivity contribution in [2.24, 2.45) is 0 Å². The molecule has 210 valence electrons. The molecule has 35 heavy (non-hydrogen) atoms. The SMILES string of the molecule is CCCCCCCCCCOC(CCCCCCC/C=C\CCO)OCCCCCCCCCC. The van der Waals surface area contributed by atoms with Crippen LogP contribution in [-0.2, 0) is 9.47 Å². The lowest BCUT2D eigenvalue weighted by Gasteiger charge is -2.19. The average Bonchev–Trinajstić information content (AvgIpc) is 2.87. The van der Waals surface area contributed by atoms with Crippen LogP contribution in [0, 0.1) is 0 Å². The third-order valence-electron chi connectivity index (χ3n) is 6.88. The van der Waals surface area contributed by atoms with Gasteiger partial charge in [0.1, 0.15) is 0 Å². The molecule has 1 N–H and O–H groups in total. The van der Waals surface area contributed by atoms with Crippen molar-refractivity contribution >= 4 is 0 Å². The van der Waals surface area contributed by atoms with E-state index in [1.54, 1.807) is 0 Å². The van der Waals surface area contributed by atoms with Crippen LogP contribution in [0.2, 0.25) is 0 Å². The number of unbranched alkanes of at least 4 members (excludes halogenated alkanes) is 19. The van der Waals surface area contributed by atoms with Gasteiger partial charge in [-0.2, -0.15) is 0 Å². The van der Waals surface area contributed by atoms with Crippen LogP contribution in [0.3, 0.4) is 0 Å². The minimum Gasteiger partial charge on any atom is -0.396 e. The Morgan fingerprint density at radius 1 is 0.486 bits per heavy atom. The monoisotopic (exact) mass is 496 g/mol. The molecule has 0 fully saturated rings.